The molecule has 0 aliphatic carbocycles. The molecule has 0 atom stereocenters. The van der Waals surface area contributed by atoms with Gasteiger partial charge < -0.3 is 11.1 Å². The molecule has 8 nitrogen and oxygen atoms in total. The topological polar surface area (TPSA) is 131 Å². The fourth-order valence-corrected chi connectivity index (χ4v) is 3.20. The number of carbonyl (C=O) groups excluding carboxylic acids is 2. The normalized spacial score (nSPS) is 11.7. The second-order valence-corrected chi connectivity index (χ2v) is 7.79. The van der Waals surface area contributed by atoms with E-state index in [-0.39, 0.29) is 24.2 Å². The van der Waals surface area contributed by atoms with Gasteiger partial charge >= 0.3 is 6.18 Å². The molecule has 0 saturated heterocycles. The molecule has 0 aliphatic rings. The number of primary amides is 1. The molecule has 0 saturated carbocycles. The molecular weight excluding hydrogens is 413 g/mol. The van der Waals surface area contributed by atoms with E-state index in [0.29, 0.717) is 5.56 Å². The summed E-state index contributed by atoms with van der Waals surface area (Å²) in [4.78, 5) is 26.1. The first kappa shape index (κ1) is 22.1. The molecule has 1 aromatic heterocycles. The number of benzene rings is 1. The maximum absolute atomic E-state index is 12.5. The van der Waals surface area contributed by atoms with Crippen LogP contribution in [0.3, 0.4) is 0 Å². The summed E-state index contributed by atoms with van der Waals surface area (Å²) in [6.07, 6.45) is -3.84. The van der Waals surface area contributed by atoms with Gasteiger partial charge in [0.25, 0.3) is 5.91 Å². The maximum atomic E-state index is 12.5. The van der Waals surface area contributed by atoms with Crippen molar-refractivity contribution < 1.29 is 31.2 Å². The van der Waals surface area contributed by atoms with Crippen LogP contribution in [0.25, 0.3) is 0 Å². The summed E-state index contributed by atoms with van der Waals surface area (Å²) in [6, 6.07) is 7.48. The summed E-state index contributed by atoms with van der Waals surface area (Å²) < 4.78 is 63.3. The molecule has 1 aromatic carbocycles. The number of anilines is 1. The molecule has 0 fully saturated rings. The van der Waals surface area contributed by atoms with Gasteiger partial charge in [0.2, 0.25) is 15.9 Å². The summed E-state index contributed by atoms with van der Waals surface area (Å²) in [5.41, 5.74) is 4.67. The van der Waals surface area contributed by atoms with Crippen molar-refractivity contribution >= 4 is 27.5 Å². The summed E-state index contributed by atoms with van der Waals surface area (Å²) in [5.74, 6) is -1.72. The second-order valence-electron chi connectivity index (χ2n) is 5.95. The highest BCUT2D eigenvalue weighted by molar-refractivity contribution is 7.92. The number of aromatic nitrogens is 1. The molecule has 156 valence electrons. The van der Waals surface area contributed by atoms with E-state index in [1.165, 1.54) is 30.3 Å². The van der Waals surface area contributed by atoms with Gasteiger partial charge in [-0.2, -0.15) is 13.2 Å². The van der Waals surface area contributed by atoms with Crippen LogP contribution >= 0.6 is 0 Å². The minimum Gasteiger partial charge on any atom is -0.370 e. The summed E-state index contributed by atoms with van der Waals surface area (Å²) >= 11 is 0. The third-order valence-corrected chi connectivity index (χ3v) is 4.89. The van der Waals surface area contributed by atoms with Crippen LogP contribution in [0.2, 0.25) is 0 Å². The number of sulfonamides is 1. The van der Waals surface area contributed by atoms with Gasteiger partial charge in [0, 0.05) is 30.4 Å². The SMILES string of the molecule is NC(=O)CCS(=O)(=O)Nc1ccc(C(=O)NCc2ccc(C(F)(F)F)nc2)cc1. The van der Waals surface area contributed by atoms with E-state index >= 15 is 0 Å². The van der Waals surface area contributed by atoms with Crippen LogP contribution < -0.4 is 15.8 Å². The first-order valence-corrected chi connectivity index (χ1v) is 9.81. The lowest BCUT2D eigenvalue weighted by Gasteiger charge is -2.09. The van der Waals surface area contributed by atoms with Crippen molar-refractivity contribution in [3.63, 3.8) is 0 Å². The quantitative estimate of drug-likeness (QED) is 0.586. The smallest absolute Gasteiger partial charge is 0.370 e. The number of alkyl halides is 3. The lowest BCUT2D eigenvalue weighted by atomic mass is 10.2. The third-order valence-electron chi connectivity index (χ3n) is 3.61. The molecule has 12 heteroatoms. The molecule has 2 amide bonds. The number of amides is 2. The minimum absolute atomic E-state index is 0.0362. The Morgan fingerprint density at radius 3 is 2.24 bits per heavy atom. The average Bonchev–Trinajstić information content (AvgIpc) is 2.64. The fraction of sp³-hybridized carbons (Fsp3) is 0.235. The Labute approximate surface area is 164 Å². The molecule has 2 aromatic rings. The van der Waals surface area contributed by atoms with Crippen molar-refractivity contribution in [2.75, 3.05) is 10.5 Å². The number of nitrogens with two attached hydrogens (primary N) is 1. The lowest BCUT2D eigenvalue weighted by molar-refractivity contribution is -0.141. The van der Waals surface area contributed by atoms with Gasteiger partial charge in [0.15, 0.2) is 0 Å². The van der Waals surface area contributed by atoms with Crippen LogP contribution in [0.15, 0.2) is 42.6 Å². The van der Waals surface area contributed by atoms with Crippen LogP contribution in [-0.2, 0) is 27.5 Å². The molecule has 1 heterocycles. The maximum Gasteiger partial charge on any atom is 0.433 e. The predicted octanol–water partition coefficient (Wildman–Crippen LogP) is 1.65. The van der Waals surface area contributed by atoms with Gasteiger partial charge in [-0.05, 0) is 35.9 Å². The second kappa shape index (κ2) is 8.90. The van der Waals surface area contributed by atoms with E-state index in [1.54, 1.807) is 0 Å². The molecule has 0 spiro atoms. The summed E-state index contributed by atoms with van der Waals surface area (Å²) in [5, 5.41) is 2.52. The number of rotatable bonds is 8. The van der Waals surface area contributed by atoms with Gasteiger partial charge in [0.1, 0.15) is 5.69 Å². The summed E-state index contributed by atoms with van der Waals surface area (Å²) in [6.45, 7) is -0.0362. The molecule has 0 radical (unpaired) electrons. The number of hydrogen-bond donors (Lipinski definition) is 3. The van der Waals surface area contributed by atoms with E-state index in [2.05, 4.69) is 15.0 Å². The zero-order valence-electron chi connectivity index (χ0n) is 14.9. The highest BCUT2D eigenvalue weighted by atomic mass is 32.2. The van der Waals surface area contributed by atoms with Crippen LogP contribution in [-0.4, -0.2) is 31.0 Å². The first-order chi connectivity index (χ1) is 13.5. The molecule has 4 N–H and O–H groups in total. The third kappa shape index (κ3) is 7.07. The number of hydrogen-bond acceptors (Lipinski definition) is 5. The number of halogens is 3. The van der Waals surface area contributed by atoms with Gasteiger partial charge in [0.05, 0.1) is 5.75 Å². The Kier molecular flexibility index (Phi) is 6.80. The van der Waals surface area contributed by atoms with E-state index in [9.17, 15) is 31.2 Å². The highest BCUT2D eigenvalue weighted by Crippen LogP contribution is 2.27. The summed E-state index contributed by atoms with van der Waals surface area (Å²) in [7, 11) is -3.76. The van der Waals surface area contributed by atoms with E-state index in [4.69, 9.17) is 5.73 Å². The Hall–Kier alpha value is -3.15. The zero-order valence-corrected chi connectivity index (χ0v) is 15.7. The van der Waals surface area contributed by atoms with E-state index in [1.807, 2.05) is 0 Å². The Balaban J connectivity index is 1.92. The predicted molar refractivity (Wildman–Crippen MR) is 98.1 cm³/mol. The lowest BCUT2D eigenvalue weighted by Crippen LogP contribution is -2.23. The zero-order chi connectivity index (χ0) is 21.7. The fourth-order valence-electron chi connectivity index (χ4n) is 2.14. The van der Waals surface area contributed by atoms with E-state index < -0.39 is 39.5 Å². The Morgan fingerprint density at radius 1 is 1.07 bits per heavy atom. The first-order valence-electron chi connectivity index (χ1n) is 8.15. The number of pyridine rings is 1. The number of nitrogens with zero attached hydrogens (tertiary/aromatic N) is 1. The van der Waals surface area contributed by atoms with Gasteiger partial charge in [-0.25, -0.2) is 8.42 Å². The molecule has 0 bridgehead atoms. The van der Waals surface area contributed by atoms with Crippen molar-refractivity contribution in [1.82, 2.24) is 10.3 Å². The van der Waals surface area contributed by atoms with Gasteiger partial charge in [-0.1, -0.05) is 6.07 Å². The van der Waals surface area contributed by atoms with Crippen LogP contribution in [0, 0.1) is 0 Å². The number of carbonyl (C=O) groups is 2. The van der Waals surface area contributed by atoms with Gasteiger partial charge in [-0.15, -0.1) is 0 Å². The van der Waals surface area contributed by atoms with Crippen LogP contribution in [0.5, 0.6) is 0 Å². The molecule has 0 unspecified atom stereocenters. The van der Waals surface area contributed by atoms with Crippen molar-refractivity contribution in [3.8, 4) is 0 Å². The average molecular weight is 430 g/mol. The van der Waals surface area contributed by atoms with Crippen LogP contribution in [0.1, 0.15) is 28.0 Å². The largest absolute Gasteiger partial charge is 0.433 e. The van der Waals surface area contributed by atoms with Gasteiger partial charge in [-0.3, -0.25) is 19.3 Å². The monoisotopic (exact) mass is 430 g/mol. The highest BCUT2D eigenvalue weighted by Gasteiger charge is 2.31. The molecule has 0 aliphatic heterocycles. The van der Waals surface area contributed by atoms with Crippen LogP contribution in [0.4, 0.5) is 18.9 Å². The van der Waals surface area contributed by atoms with Crippen molar-refractivity contribution in [2.24, 2.45) is 5.73 Å². The van der Waals surface area contributed by atoms with E-state index in [0.717, 1.165) is 12.3 Å². The van der Waals surface area contributed by atoms with Crippen molar-refractivity contribution in [3.05, 3.63) is 59.4 Å². The standard InChI is InChI=1S/C17H17F3N4O4S/c18-17(19,20)14-6-1-11(9-22-14)10-23-16(26)12-2-4-13(5-3-12)24-29(27,28)8-7-15(21)25/h1-6,9,24H,7-8,10H2,(H2,21,25)(H,23,26). The Bertz CT molecular complexity index is 975. The van der Waals surface area contributed by atoms with Crippen molar-refractivity contribution in [1.29, 1.82) is 0 Å². The molecule has 29 heavy (non-hydrogen) atoms. The Morgan fingerprint density at radius 2 is 1.72 bits per heavy atom. The molecular formula is C17H17F3N4O4S. The minimum atomic E-state index is -4.54. The number of nitrogens with one attached hydrogen (secondary N) is 2. The van der Waals surface area contributed by atoms with Crippen molar-refractivity contribution in [2.45, 2.75) is 19.1 Å². The molecule has 2 rings (SSSR count).